The van der Waals surface area contributed by atoms with Gasteiger partial charge in [0.05, 0.1) is 17.6 Å². The smallest absolute Gasteiger partial charge is 0.256 e. The monoisotopic (exact) mass is 321 g/mol. The summed E-state index contributed by atoms with van der Waals surface area (Å²) in [6.07, 6.45) is 7.93. The van der Waals surface area contributed by atoms with E-state index in [2.05, 4.69) is 15.0 Å². The lowest BCUT2D eigenvalue weighted by Crippen LogP contribution is -2.41. The molecule has 1 amide bonds. The van der Waals surface area contributed by atoms with Crippen molar-refractivity contribution in [1.82, 2.24) is 24.4 Å². The number of H-pyrrole nitrogens is 1. The van der Waals surface area contributed by atoms with Crippen LogP contribution in [-0.4, -0.2) is 36.9 Å². The summed E-state index contributed by atoms with van der Waals surface area (Å²) < 4.78 is 1.97. The van der Waals surface area contributed by atoms with Crippen LogP contribution in [0.5, 0.6) is 0 Å². The summed E-state index contributed by atoms with van der Waals surface area (Å²) in [5.74, 6) is 0.0450. The maximum absolute atomic E-state index is 13.2. The molecule has 0 fully saturated rings. The molecule has 0 unspecified atom stereocenters. The van der Waals surface area contributed by atoms with Crippen LogP contribution >= 0.6 is 0 Å². The highest BCUT2D eigenvalue weighted by atomic mass is 16.2. The standard InChI is InChI=1S/C18H19N5O/c1-12-14(5-9-22(12)2)18(24)23-10-6-15-16(21-11-20-15)17(23)13-3-7-19-8-4-13/h3-5,7-9,11,17H,6,10H2,1-2H3,(H,20,21)/t17-/m1/s1. The number of rotatable bonds is 2. The number of pyridine rings is 1. The molecule has 122 valence electrons. The Balaban J connectivity index is 1.79. The van der Waals surface area contributed by atoms with Gasteiger partial charge >= 0.3 is 0 Å². The fourth-order valence-electron chi connectivity index (χ4n) is 3.37. The van der Waals surface area contributed by atoms with Crippen molar-refractivity contribution in [1.29, 1.82) is 0 Å². The number of aromatic amines is 1. The van der Waals surface area contributed by atoms with Crippen molar-refractivity contribution in [3.8, 4) is 0 Å². The summed E-state index contributed by atoms with van der Waals surface area (Å²) in [5.41, 5.74) is 4.77. The maximum atomic E-state index is 13.2. The summed E-state index contributed by atoms with van der Waals surface area (Å²) >= 11 is 0. The van der Waals surface area contributed by atoms with Gasteiger partial charge in [-0.1, -0.05) is 0 Å². The Hall–Kier alpha value is -2.89. The number of carbonyl (C=O) groups excluding carboxylic acids is 1. The second-order valence-corrected chi connectivity index (χ2v) is 6.12. The second kappa shape index (κ2) is 5.63. The Kier molecular flexibility index (Phi) is 3.45. The van der Waals surface area contributed by atoms with Crippen LogP contribution in [0.3, 0.4) is 0 Å². The Bertz CT molecular complexity index is 880. The molecule has 1 N–H and O–H groups in total. The molecule has 0 bridgehead atoms. The molecule has 3 aromatic rings. The van der Waals surface area contributed by atoms with Gasteiger partial charge in [-0.2, -0.15) is 0 Å². The number of nitrogens with one attached hydrogen (secondary N) is 1. The van der Waals surface area contributed by atoms with Crippen LogP contribution in [0, 0.1) is 6.92 Å². The normalized spacial score (nSPS) is 16.9. The number of amides is 1. The largest absolute Gasteiger partial charge is 0.354 e. The van der Waals surface area contributed by atoms with E-state index >= 15 is 0 Å². The number of carbonyl (C=O) groups is 1. The molecule has 0 aliphatic carbocycles. The zero-order valence-electron chi connectivity index (χ0n) is 13.7. The number of imidazole rings is 1. The van der Waals surface area contributed by atoms with E-state index in [1.54, 1.807) is 18.7 Å². The van der Waals surface area contributed by atoms with Crippen LogP contribution in [0.25, 0.3) is 0 Å². The molecule has 0 radical (unpaired) electrons. The third kappa shape index (κ3) is 2.22. The molecule has 3 aromatic heterocycles. The average Bonchev–Trinajstić information content (AvgIpc) is 3.21. The Morgan fingerprint density at radius 2 is 2.08 bits per heavy atom. The molecule has 0 aromatic carbocycles. The fraction of sp³-hybridized carbons (Fsp3) is 0.278. The first-order valence-corrected chi connectivity index (χ1v) is 8.01. The number of fused-ring (bicyclic) bond motifs is 1. The van der Waals surface area contributed by atoms with E-state index in [1.165, 1.54) is 0 Å². The SMILES string of the molecule is Cc1c(C(=O)N2CCc3[nH]cnc3[C@H]2c2ccncc2)ccn1C. The van der Waals surface area contributed by atoms with Crippen LogP contribution in [-0.2, 0) is 13.5 Å². The first kappa shape index (κ1) is 14.7. The Morgan fingerprint density at radius 1 is 1.29 bits per heavy atom. The summed E-state index contributed by atoms with van der Waals surface area (Å²) in [5, 5.41) is 0. The molecule has 4 rings (SSSR count). The molecule has 4 heterocycles. The third-order valence-corrected chi connectivity index (χ3v) is 4.82. The lowest BCUT2D eigenvalue weighted by atomic mass is 9.95. The van der Waals surface area contributed by atoms with Gasteiger partial charge in [0.15, 0.2) is 0 Å². The highest BCUT2D eigenvalue weighted by molar-refractivity contribution is 5.96. The van der Waals surface area contributed by atoms with Crippen molar-refractivity contribution in [2.45, 2.75) is 19.4 Å². The van der Waals surface area contributed by atoms with Crippen molar-refractivity contribution in [3.63, 3.8) is 0 Å². The lowest BCUT2D eigenvalue weighted by Gasteiger charge is -2.35. The molecule has 24 heavy (non-hydrogen) atoms. The van der Waals surface area contributed by atoms with E-state index in [1.807, 2.05) is 47.8 Å². The van der Waals surface area contributed by atoms with E-state index in [-0.39, 0.29) is 11.9 Å². The van der Waals surface area contributed by atoms with Gasteiger partial charge in [-0.15, -0.1) is 0 Å². The van der Waals surface area contributed by atoms with Crippen molar-refractivity contribution >= 4 is 5.91 Å². The van der Waals surface area contributed by atoms with E-state index in [0.29, 0.717) is 6.54 Å². The quantitative estimate of drug-likeness (QED) is 0.787. The van der Waals surface area contributed by atoms with Gasteiger partial charge in [0.2, 0.25) is 0 Å². The topological polar surface area (TPSA) is 66.8 Å². The van der Waals surface area contributed by atoms with Gasteiger partial charge in [-0.05, 0) is 30.7 Å². The molecular formula is C18H19N5O. The summed E-state index contributed by atoms with van der Waals surface area (Å²) in [7, 11) is 1.95. The maximum Gasteiger partial charge on any atom is 0.256 e. The third-order valence-electron chi connectivity index (χ3n) is 4.82. The van der Waals surface area contributed by atoms with Crippen LogP contribution in [0.15, 0.2) is 43.1 Å². The van der Waals surface area contributed by atoms with Gasteiger partial charge in [-0.3, -0.25) is 9.78 Å². The minimum atomic E-state index is -0.185. The predicted molar refractivity (Wildman–Crippen MR) is 89.6 cm³/mol. The molecule has 6 heteroatoms. The van der Waals surface area contributed by atoms with Crippen molar-refractivity contribution < 1.29 is 4.79 Å². The minimum Gasteiger partial charge on any atom is -0.354 e. The molecule has 1 aliphatic heterocycles. The zero-order chi connectivity index (χ0) is 16.7. The van der Waals surface area contributed by atoms with Gasteiger partial charge in [0, 0.05) is 50.0 Å². The number of hydrogen-bond donors (Lipinski definition) is 1. The molecule has 0 spiro atoms. The summed E-state index contributed by atoms with van der Waals surface area (Å²) in [6, 6.07) is 5.61. The molecule has 0 saturated carbocycles. The minimum absolute atomic E-state index is 0.0450. The molecule has 6 nitrogen and oxygen atoms in total. The molecule has 1 aliphatic rings. The number of aryl methyl sites for hydroxylation is 1. The van der Waals surface area contributed by atoms with Gasteiger partial charge in [-0.25, -0.2) is 4.98 Å². The van der Waals surface area contributed by atoms with Crippen molar-refractivity contribution in [2.75, 3.05) is 6.54 Å². The van der Waals surface area contributed by atoms with Crippen LogP contribution in [0.2, 0.25) is 0 Å². The highest BCUT2D eigenvalue weighted by Gasteiger charge is 2.35. The first-order chi connectivity index (χ1) is 11.7. The lowest BCUT2D eigenvalue weighted by molar-refractivity contribution is 0.0689. The molecular weight excluding hydrogens is 302 g/mol. The van der Waals surface area contributed by atoms with E-state index in [9.17, 15) is 4.79 Å². The van der Waals surface area contributed by atoms with E-state index in [4.69, 9.17) is 0 Å². The van der Waals surface area contributed by atoms with Gasteiger partial charge < -0.3 is 14.5 Å². The van der Waals surface area contributed by atoms with Crippen LogP contribution in [0.1, 0.15) is 39.0 Å². The summed E-state index contributed by atoms with van der Waals surface area (Å²) in [4.78, 5) is 26.9. The molecule has 1 atom stereocenters. The van der Waals surface area contributed by atoms with E-state index in [0.717, 1.165) is 34.6 Å². The van der Waals surface area contributed by atoms with Crippen molar-refractivity contribution in [3.05, 3.63) is 71.3 Å². The second-order valence-electron chi connectivity index (χ2n) is 6.12. The zero-order valence-corrected chi connectivity index (χ0v) is 13.7. The Morgan fingerprint density at radius 3 is 2.79 bits per heavy atom. The Labute approximate surface area is 140 Å². The highest BCUT2D eigenvalue weighted by Crippen LogP contribution is 2.34. The molecule has 0 saturated heterocycles. The van der Waals surface area contributed by atoms with Crippen molar-refractivity contribution in [2.24, 2.45) is 7.05 Å². The van der Waals surface area contributed by atoms with Gasteiger partial charge in [0.1, 0.15) is 6.04 Å². The predicted octanol–water partition coefficient (Wildman–Crippen LogP) is 2.24. The fourth-order valence-corrected chi connectivity index (χ4v) is 3.37. The van der Waals surface area contributed by atoms with Crippen LogP contribution in [0.4, 0.5) is 0 Å². The van der Waals surface area contributed by atoms with Gasteiger partial charge in [0.25, 0.3) is 5.91 Å². The number of aromatic nitrogens is 4. The summed E-state index contributed by atoms with van der Waals surface area (Å²) in [6.45, 7) is 2.63. The van der Waals surface area contributed by atoms with E-state index < -0.39 is 0 Å². The average molecular weight is 321 g/mol. The van der Waals surface area contributed by atoms with Crippen LogP contribution < -0.4 is 0 Å². The number of nitrogens with zero attached hydrogens (tertiary/aromatic N) is 4. The number of hydrogen-bond acceptors (Lipinski definition) is 3. The first-order valence-electron chi connectivity index (χ1n) is 8.01.